The summed E-state index contributed by atoms with van der Waals surface area (Å²) in [6.07, 6.45) is 0. The summed E-state index contributed by atoms with van der Waals surface area (Å²) in [7, 11) is 0. The van der Waals surface area contributed by atoms with Gasteiger partial charge in [0.05, 0.1) is 11.0 Å². The topological polar surface area (TPSA) is 43.6 Å². The molecule has 3 aromatic heterocycles. The number of para-hydroxylation sites is 1. The molecule has 0 amide bonds. The number of fused-ring (bicyclic) bond motifs is 11. The van der Waals surface area contributed by atoms with Gasteiger partial charge in [0.15, 0.2) is 17.5 Å². The lowest BCUT2D eigenvalue weighted by molar-refractivity contribution is 0.660. The number of nitrogens with zero attached hydrogens (tertiary/aromatic N) is 4. The van der Waals surface area contributed by atoms with E-state index in [9.17, 15) is 0 Å². The predicted octanol–water partition coefficient (Wildman–Crippen LogP) is 13.8. The van der Waals surface area contributed by atoms with Gasteiger partial charge in [-0.25, -0.2) is 15.0 Å². The Labute approximate surface area is 333 Å². The molecule has 5 heteroatoms. The van der Waals surface area contributed by atoms with E-state index < -0.39 is 0 Å². The van der Waals surface area contributed by atoms with E-state index in [1.165, 1.54) is 69.6 Å². The van der Waals surface area contributed by atoms with Gasteiger partial charge in [-0.3, -0.25) is 0 Å². The Bertz CT molecular complexity index is 3450. The zero-order valence-electron chi connectivity index (χ0n) is 31.4. The molecule has 0 radical (unpaired) electrons. The lowest BCUT2D eigenvalue weighted by Crippen LogP contribution is -2.14. The molecule has 57 heavy (non-hydrogen) atoms. The summed E-state index contributed by atoms with van der Waals surface area (Å²) >= 11 is 1.82. The van der Waals surface area contributed by atoms with Gasteiger partial charge in [0.2, 0.25) is 0 Å². The van der Waals surface area contributed by atoms with Crippen molar-refractivity contribution in [3.8, 4) is 51.0 Å². The van der Waals surface area contributed by atoms with E-state index in [1.54, 1.807) is 0 Å². The Kier molecular flexibility index (Phi) is 6.82. The molecule has 1 aliphatic carbocycles. The minimum absolute atomic E-state index is 0.0740. The van der Waals surface area contributed by atoms with Gasteiger partial charge < -0.3 is 4.57 Å². The summed E-state index contributed by atoms with van der Waals surface area (Å²) in [5, 5.41) is 7.44. The van der Waals surface area contributed by atoms with Gasteiger partial charge in [0.25, 0.3) is 0 Å². The maximum atomic E-state index is 5.28. The zero-order chi connectivity index (χ0) is 37.8. The monoisotopic (exact) mass is 746 g/mol. The van der Waals surface area contributed by atoms with Crippen LogP contribution in [0.1, 0.15) is 25.0 Å². The highest BCUT2D eigenvalue weighted by Gasteiger charge is 2.35. The molecule has 0 atom stereocenters. The summed E-state index contributed by atoms with van der Waals surface area (Å²) in [5.74, 6) is 2.00. The average Bonchev–Trinajstić information content (AvgIpc) is 3.89. The Hall–Kier alpha value is -6.95. The van der Waals surface area contributed by atoms with Crippen molar-refractivity contribution >= 4 is 64.1 Å². The standard InChI is InChI=1S/C52H34N4S/c1-52(2)41-20-10-8-17-36(41)40-29-33(23-27-42(40)52)50-53-49(32-14-4-3-5-15-32)54-51(55-50)39-19-12-22-45-48(39)38-26-25-34(30-46(38)57-45)56-43-21-11-9-18-37(43)47-35-16-7-6-13-31(35)24-28-44(47)56/h3-30H,1-2H3. The molecular formula is C52H34N4S. The molecule has 12 rings (SSSR count). The molecule has 11 aromatic rings. The molecular weight excluding hydrogens is 713 g/mol. The van der Waals surface area contributed by atoms with Crippen molar-refractivity contribution in [1.29, 1.82) is 0 Å². The SMILES string of the molecule is CC1(C)c2ccccc2-c2cc(-c3nc(-c4ccccc4)nc(-c4cccc5sc6cc(-n7c8ccccc8c8c9ccccc9ccc87)ccc6c45)n3)ccc21. The molecule has 4 nitrogen and oxygen atoms in total. The van der Waals surface area contributed by atoms with Gasteiger partial charge in [0.1, 0.15) is 0 Å². The normalized spacial score (nSPS) is 13.2. The molecule has 0 aliphatic heterocycles. The van der Waals surface area contributed by atoms with Gasteiger partial charge in [-0.1, -0.05) is 147 Å². The first-order valence-corrected chi connectivity index (χ1v) is 20.3. The molecule has 0 spiro atoms. The molecule has 8 aromatic carbocycles. The fourth-order valence-electron chi connectivity index (χ4n) is 9.36. The molecule has 1 aliphatic rings. The minimum atomic E-state index is -0.0740. The molecule has 3 heterocycles. The quantitative estimate of drug-likeness (QED) is 0.180. The Morgan fingerprint density at radius 3 is 2.05 bits per heavy atom. The average molecular weight is 747 g/mol. The molecule has 0 saturated carbocycles. The van der Waals surface area contributed by atoms with E-state index in [2.05, 4.69) is 170 Å². The molecule has 0 bridgehead atoms. The van der Waals surface area contributed by atoms with Gasteiger partial charge in [-0.05, 0) is 69.4 Å². The molecule has 0 fully saturated rings. The predicted molar refractivity (Wildman–Crippen MR) is 238 cm³/mol. The van der Waals surface area contributed by atoms with Crippen LogP contribution in [0.25, 0.3) is 104 Å². The van der Waals surface area contributed by atoms with E-state index >= 15 is 0 Å². The van der Waals surface area contributed by atoms with Crippen LogP contribution in [-0.4, -0.2) is 19.5 Å². The number of hydrogen-bond acceptors (Lipinski definition) is 4. The van der Waals surface area contributed by atoms with E-state index in [0.717, 1.165) is 27.8 Å². The highest BCUT2D eigenvalue weighted by molar-refractivity contribution is 7.26. The van der Waals surface area contributed by atoms with E-state index in [-0.39, 0.29) is 5.41 Å². The number of thiophene rings is 1. The summed E-state index contributed by atoms with van der Waals surface area (Å²) in [4.78, 5) is 15.6. The van der Waals surface area contributed by atoms with Crippen LogP contribution in [-0.2, 0) is 5.41 Å². The van der Waals surface area contributed by atoms with Crippen molar-refractivity contribution in [1.82, 2.24) is 19.5 Å². The first-order chi connectivity index (χ1) is 28.0. The van der Waals surface area contributed by atoms with Crippen molar-refractivity contribution in [2.45, 2.75) is 19.3 Å². The molecule has 0 N–H and O–H groups in total. The van der Waals surface area contributed by atoms with Gasteiger partial charge in [-0.2, -0.15) is 0 Å². The second-order valence-corrected chi connectivity index (χ2v) is 16.7. The maximum absolute atomic E-state index is 5.28. The fourth-order valence-corrected chi connectivity index (χ4v) is 10.5. The van der Waals surface area contributed by atoms with Crippen molar-refractivity contribution in [2.24, 2.45) is 0 Å². The zero-order valence-corrected chi connectivity index (χ0v) is 32.2. The van der Waals surface area contributed by atoms with Crippen LogP contribution < -0.4 is 0 Å². The third-order valence-corrected chi connectivity index (χ3v) is 13.2. The highest BCUT2D eigenvalue weighted by Crippen LogP contribution is 2.49. The smallest absolute Gasteiger partial charge is 0.164 e. The summed E-state index contributed by atoms with van der Waals surface area (Å²) in [6, 6.07) is 61.1. The first kappa shape index (κ1) is 32.3. The maximum Gasteiger partial charge on any atom is 0.164 e. The van der Waals surface area contributed by atoms with E-state index in [1.807, 2.05) is 29.5 Å². The first-order valence-electron chi connectivity index (χ1n) is 19.4. The molecule has 0 unspecified atom stereocenters. The van der Waals surface area contributed by atoms with Crippen molar-refractivity contribution < 1.29 is 0 Å². The van der Waals surface area contributed by atoms with Gasteiger partial charge in [0, 0.05) is 58.7 Å². The fraction of sp³-hybridized carbons (Fsp3) is 0.0577. The van der Waals surface area contributed by atoms with Crippen molar-refractivity contribution in [3.05, 3.63) is 181 Å². The van der Waals surface area contributed by atoms with Crippen molar-refractivity contribution in [2.75, 3.05) is 0 Å². The third-order valence-electron chi connectivity index (χ3n) is 12.1. The molecule has 268 valence electrons. The van der Waals surface area contributed by atoms with E-state index in [0.29, 0.717) is 17.5 Å². The summed E-state index contributed by atoms with van der Waals surface area (Å²) in [6.45, 7) is 4.62. The van der Waals surface area contributed by atoms with Crippen LogP contribution in [0.5, 0.6) is 0 Å². The lowest BCUT2D eigenvalue weighted by atomic mass is 9.82. The number of rotatable bonds is 4. The summed E-state index contributed by atoms with van der Waals surface area (Å²) < 4.78 is 4.84. The lowest BCUT2D eigenvalue weighted by Gasteiger charge is -2.21. The van der Waals surface area contributed by atoms with Crippen LogP contribution >= 0.6 is 11.3 Å². The Morgan fingerprint density at radius 2 is 1.16 bits per heavy atom. The second-order valence-electron chi connectivity index (χ2n) is 15.6. The van der Waals surface area contributed by atoms with Crippen LogP contribution in [0.15, 0.2) is 170 Å². The highest BCUT2D eigenvalue weighted by atomic mass is 32.1. The Morgan fingerprint density at radius 1 is 0.439 bits per heavy atom. The minimum Gasteiger partial charge on any atom is -0.309 e. The Balaban J connectivity index is 1.05. The number of benzene rings is 8. The largest absolute Gasteiger partial charge is 0.309 e. The summed E-state index contributed by atoms with van der Waals surface area (Å²) in [5.41, 5.74) is 11.6. The van der Waals surface area contributed by atoms with Crippen molar-refractivity contribution in [3.63, 3.8) is 0 Å². The van der Waals surface area contributed by atoms with Crippen LogP contribution in [0.4, 0.5) is 0 Å². The third kappa shape index (κ3) is 4.76. The van der Waals surface area contributed by atoms with Gasteiger partial charge in [-0.15, -0.1) is 11.3 Å². The number of hydrogen-bond donors (Lipinski definition) is 0. The van der Waals surface area contributed by atoms with Crippen LogP contribution in [0, 0.1) is 0 Å². The number of aromatic nitrogens is 4. The van der Waals surface area contributed by atoms with Gasteiger partial charge >= 0.3 is 0 Å². The van der Waals surface area contributed by atoms with Crippen LogP contribution in [0.2, 0.25) is 0 Å². The van der Waals surface area contributed by atoms with E-state index in [4.69, 9.17) is 15.0 Å². The second kappa shape index (κ2) is 12.0. The molecule has 0 saturated heterocycles. The van der Waals surface area contributed by atoms with Crippen LogP contribution in [0.3, 0.4) is 0 Å².